The van der Waals surface area contributed by atoms with Crippen LogP contribution in [0.15, 0.2) is 29.2 Å². The van der Waals surface area contributed by atoms with Gasteiger partial charge in [-0.15, -0.1) is 0 Å². The van der Waals surface area contributed by atoms with Crippen molar-refractivity contribution in [3.8, 4) is 0 Å². The van der Waals surface area contributed by atoms with Gasteiger partial charge in [0.25, 0.3) is 0 Å². The number of amides is 1. The van der Waals surface area contributed by atoms with E-state index < -0.39 is 27.6 Å². The first-order valence-electron chi connectivity index (χ1n) is 7.39. The lowest BCUT2D eigenvalue weighted by atomic mass is 10.1. The van der Waals surface area contributed by atoms with Crippen molar-refractivity contribution in [3.05, 3.63) is 29.8 Å². The Morgan fingerprint density at radius 3 is 2.22 bits per heavy atom. The molecule has 0 radical (unpaired) electrons. The highest BCUT2D eigenvalue weighted by Crippen LogP contribution is 2.21. The molecule has 0 aliphatic carbocycles. The molecule has 0 heterocycles. The van der Waals surface area contributed by atoms with Gasteiger partial charge in [-0.05, 0) is 38.5 Å². The Kier molecular flexibility index (Phi) is 6.58. The van der Waals surface area contributed by atoms with Crippen molar-refractivity contribution in [2.45, 2.75) is 44.2 Å². The van der Waals surface area contributed by atoms with Crippen molar-refractivity contribution in [2.24, 2.45) is 0 Å². The van der Waals surface area contributed by atoms with Crippen molar-refractivity contribution < 1.29 is 22.7 Å². The van der Waals surface area contributed by atoms with Crippen LogP contribution in [0.4, 0.5) is 4.79 Å². The smallest absolute Gasteiger partial charge is 0.408 e. The maximum atomic E-state index is 11.9. The van der Waals surface area contributed by atoms with Crippen LogP contribution in [0.5, 0.6) is 0 Å². The van der Waals surface area contributed by atoms with Gasteiger partial charge in [0.15, 0.2) is 15.9 Å². The number of benzene rings is 1. The van der Waals surface area contributed by atoms with Gasteiger partial charge in [-0.25, -0.2) is 13.2 Å². The van der Waals surface area contributed by atoms with E-state index in [0.29, 0.717) is 5.56 Å². The zero-order chi connectivity index (χ0) is 17.7. The molecule has 0 saturated carbocycles. The van der Waals surface area contributed by atoms with E-state index in [1.807, 2.05) is 20.8 Å². The Bertz CT molecular complexity index is 617. The maximum Gasteiger partial charge on any atom is 0.408 e. The Morgan fingerprint density at radius 2 is 1.78 bits per heavy atom. The molecule has 0 aliphatic heterocycles. The van der Waals surface area contributed by atoms with Gasteiger partial charge in [-0.2, -0.15) is 0 Å². The first-order chi connectivity index (χ1) is 10.6. The topological polar surface area (TPSA) is 81.7 Å². The number of methoxy groups -OCH3 is 1. The molecule has 0 aliphatic rings. The number of sulfone groups is 1. The summed E-state index contributed by atoms with van der Waals surface area (Å²) in [5.74, 6) is 0.0400. The molecule has 1 rings (SSSR count). The summed E-state index contributed by atoms with van der Waals surface area (Å²) in [5.41, 5.74) is 0.263. The van der Waals surface area contributed by atoms with E-state index >= 15 is 0 Å². The summed E-state index contributed by atoms with van der Waals surface area (Å²) in [6.45, 7) is 7.33. The summed E-state index contributed by atoms with van der Waals surface area (Å²) in [6.07, 6.45) is -1.16. The van der Waals surface area contributed by atoms with E-state index in [-0.39, 0.29) is 17.3 Å². The van der Waals surface area contributed by atoms with Crippen LogP contribution in [0, 0.1) is 0 Å². The predicted molar refractivity (Wildman–Crippen MR) is 88.2 cm³/mol. The molecule has 130 valence electrons. The summed E-state index contributed by atoms with van der Waals surface area (Å²) in [7, 11) is -1.74. The average Bonchev–Trinajstić information content (AvgIpc) is 2.45. The molecule has 1 aromatic rings. The van der Waals surface area contributed by atoms with Crippen LogP contribution in [0.2, 0.25) is 0 Å². The largest absolute Gasteiger partial charge is 0.439 e. The van der Waals surface area contributed by atoms with Gasteiger partial charge in [-0.1, -0.05) is 19.1 Å². The molecule has 0 spiro atoms. The van der Waals surface area contributed by atoms with Gasteiger partial charge in [0, 0.05) is 12.6 Å². The normalized spacial score (nSPS) is 13.4. The van der Waals surface area contributed by atoms with Crippen molar-refractivity contribution in [3.63, 3.8) is 0 Å². The van der Waals surface area contributed by atoms with Gasteiger partial charge < -0.3 is 14.8 Å². The van der Waals surface area contributed by atoms with E-state index in [9.17, 15) is 13.2 Å². The second kappa shape index (κ2) is 7.79. The number of hydrogen-bond acceptors (Lipinski definition) is 5. The van der Waals surface area contributed by atoms with Gasteiger partial charge in [0.1, 0.15) is 0 Å². The quantitative estimate of drug-likeness (QED) is 0.859. The summed E-state index contributed by atoms with van der Waals surface area (Å²) in [6, 6.07) is 6.30. The third-order valence-electron chi connectivity index (χ3n) is 3.04. The molecule has 0 bridgehead atoms. The molecule has 1 atom stereocenters. The summed E-state index contributed by atoms with van der Waals surface area (Å²) in [4.78, 5) is 12.2. The van der Waals surface area contributed by atoms with E-state index in [1.165, 1.54) is 19.2 Å². The van der Waals surface area contributed by atoms with E-state index in [0.717, 1.165) is 0 Å². The van der Waals surface area contributed by atoms with Crippen molar-refractivity contribution in [2.75, 3.05) is 19.5 Å². The Balaban J connectivity index is 2.92. The molecule has 0 unspecified atom stereocenters. The first kappa shape index (κ1) is 19.4. The Labute approximate surface area is 138 Å². The molecular weight excluding hydrogens is 318 g/mol. The second-order valence-corrected chi connectivity index (χ2v) is 8.48. The first-order valence-corrected chi connectivity index (χ1v) is 9.04. The third-order valence-corrected chi connectivity index (χ3v) is 4.79. The number of ether oxygens (including phenoxy) is 2. The van der Waals surface area contributed by atoms with Gasteiger partial charge in [-0.3, -0.25) is 0 Å². The van der Waals surface area contributed by atoms with Crippen LogP contribution in [0.3, 0.4) is 0 Å². The fourth-order valence-electron chi connectivity index (χ4n) is 1.87. The minimum absolute atomic E-state index is 0.0400. The minimum atomic E-state index is -3.25. The van der Waals surface area contributed by atoms with Crippen LogP contribution < -0.4 is 5.32 Å². The molecule has 0 fully saturated rings. The molecule has 23 heavy (non-hydrogen) atoms. The van der Waals surface area contributed by atoms with E-state index in [2.05, 4.69) is 5.32 Å². The molecule has 1 amide bonds. The lowest BCUT2D eigenvalue weighted by Crippen LogP contribution is -2.41. The van der Waals surface area contributed by atoms with Crippen molar-refractivity contribution >= 4 is 15.9 Å². The van der Waals surface area contributed by atoms with Gasteiger partial charge >= 0.3 is 6.09 Å². The van der Waals surface area contributed by atoms with E-state index in [1.54, 1.807) is 19.1 Å². The van der Waals surface area contributed by atoms with Gasteiger partial charge in [0.2, 0.25) is 0 Å². The SMILES string of the molecule is CCS(=O)(=O)c1ccc([C@H](COC)OC(=O)NC(C)(C)C)cc1. The lowest BCUT2D eigenvalue weighted by Gasteiger charge is -2.23. The van der Waals surface area contributed by atoms with Crippen LogP contribution >= 0.6 is 0 Å². The highest BCUT2D eigenvalue weighted by molar-refractivity contribution is 7.91. The lowest BCUT2D eigenvalue weighted by molar-refractivity contribution is 0.0353. The molecule has 1 N–H and O–H groups in total. The van der Waals surface area contributed by atoms with Crippen molar-refractivity contribution in [1.82, 2.24) is 5.32 Å². The highest BCUT2D eigenvalue weighted by atomic mass is 32.2. The molecular formula is C16H25NO5S. The average molecular weight is 343 g/mol. The fraction of sp³-hybridized carbons (Fsp3) is 0.562. The van der Waals surface area contributed by atoms with Crippen LogP contribution in [0.1, 0.15) is 39.4 Å². The fourth-order valence-corrected chi connectivity index (χ4v) is 2.76. The zero-order valence-corrected chi connectivity index (χ0v) is 15.1. The third kappa shape index (κ3) is 6.19. The standard InChI is InChI=1S/C16H25NO5S/c1-6-23(19,20)13-9-7-12(8-10-13)14(11-21-5)22-15(18)17-16(2,3)4/h7-10,14H,6,11H2,1-5H3,(H,17,18)/t14-/m0/s1. The Hall–Kier alpha value is -1.60. The number of carbonyl (C=O) groups excluding carboxylic acids is 1. The number of nitrogens with one attached hydrogen (secondary N) is 1. The zero-order valence-electron chi connectivity index (χ0n) is 14.3. The molecule has 6 nitrogen and oxygen atoms in total. The maximum absolute atomic E-state index is 11.9. The molecule has 1 aromatic carbocycles. The van der Waals surface area contributed by atoms with E-state index in [4.69, 9.17) is 9.47 Å². The molecule has 0 aromatic heterocycles. The number of hydrogen-bond donors (Lipinski definition) is 1. The predicted octanol–water partition coefficient (Wildman–Crippen LogP) is 2.69. The summed E-state index contributed by atoms with van der Waals surface area (Å²) >= 11 is 0. The number of alkyl carbamates (subject to hydrolysis) is 1. The Morgan fingerprint density at radius 1 is 1.22 bits per heavy atom. The number of carbonyl (C=O) groups is 1. The second-order valence-electron chi connectivity index (χ2n) is 6.20. The van der Waals surface area contributed by atoms with Gasteiger partial charge in [0.05, 0.1) is 17.3 Å². The van der Waals surface area contributed by atoms with Crippen LogP contribution in [0.25, 0.3) is 0 Å². The summed E-state index contributed by atoms with van der Waals surface area (Å²) < 4.78 is 34.1. The van der Waals surface area contributed by atoms with Crippen molar-refractivity contribution in [1.29, 1.82) is 0 Å². The van der Waals surface area contributed by atoms with Crippen LogP contribution in [-0.2, 0) is 19.3 Å². The monoisotopic (exact) mass is 343 g/mol. The minimum Gasteiger partial charge on any atom is -0.439 e. The number of rotatable bonds is 6. The van der Waals surface area contributed by atoms with Crippen LogP contribution in [-0.4, -0.2) is 39.5 Å². The molecule has 0 saturated heterocycles. The highest BCUT2D eigenvalue weighted by Gasteiger charge is 2.21. The molecule has 7 heteroatoms. The summed E-state index contributed by atoms with van der Waals surface area (Å²) in [5, 5.41) is 2.71.